The zero-order chi connectivity index (χ0) is 8.36. The van der Waals surface area contributed by atoms with E-state index in [2.05, 4.69) is 34.5 Å². The van der Waals surface area contributed by atoms with Crippen LogP contribution < -0.4 is 26.2 Å². The van der Waals surface area contributed by atoms with Gasteiger partial charge in [-0.3, -0.25) is 0 Å². The second-order valence-electron chi connectivity index (χ2n) is 2.39. The number of hydrogen-bond acceptors (Lipinski definition) is 3. The fourth-order valence-electron chi connectivity index (χ4n) is 0.429. The van der Waals surface area contributed by atoms with E-state index in [4.69, 9.17) is 5.73 Å². The quantitative estimate of drug-likeness (QED) is 0.243. The third-order valence-corrected chi connectivity index (χ3v) is 13.5. The summed E-state index contributed by atoms with van der Waals surface area (Å²) in [5.41, 5.74) is 5.67. The standard InChI is InChI=1S/C5H13I2N2O/c1-4(10)5(8)7(2,3)9-6/h5,9H,8H2,1-3H3/q-1/t5-/m1/s1. The van der Waals surface area contributed by atoms with E-state index >= 15 is 0 Å². The Kier molecular flexibility index (Phi) is 4.61. The Morgan fingerprint density at radius 3 is 2.20 bits per heavy atom. The van der Waals surface area contributed by atoms with E-state index in [0.717, 1.165) is 0 Å². The molecule has 0 rings (SSSR count). The molecule has 0 spiro atoms. The SMILES string of the molecule is CC(=O)[C@@H](N)[I-](C)(C)NI. The monoisotopic (exact) mass is 371 g/mol. The van der Waals surface area contributed by atoms with Crippen molar-refractivity contribution in [3.63, 3.8) is 0 Å². The number of Topliss-reactive ketones (excluding diaryl/α,β-unsaturated/α-hetero) is 1. The second kappa shape index (κ2) is 4.17. The molecule has 0 aromatic rings. The van der Waals surface area contributed by atoms with Gasteiger partial charge in [0.25, 0.3) is 0 Å². The van der Waals surface area contributed by atoms with E-state index in [1.54, 1.807) is 6.92 Å². The van der Waals surface area contributed by atoms with E-state index in [9.17, 15) is 4.79 Å². The summed E-state index contributed by atoms with van der Waals surface area (Å²) in [6, 6.07) is 0. The molecule has 0 aliphatic heterocycles. The zero-order valence-corrected chi connectivity index (χ0v) is 10.6. The molecule has 0 aromatic carbocycles. The first-order valence-electron chi connectivity index (χ1n) is 2.68. The molecule has 0 aliphatic carbocycles. The molecule has 1 atom stereocenters. The Hall–Kier alpha value is 1.05. The molecule has 5 heteroatoms. The number of rotatable bonds is 3. The molecule has 0 heterocycles. The van der Waals surface area contributed by atoms with Crippen LogP contribution in [0.25, 0.3) is 0 Å². The summed E-state index contributed by atoms with van der Waals surface area (Å²) in [5, 5.41) is 0. The van der Waals surface area contributed by atoms with Gasteiger partial charge >= 0.3 is 80.5 Å². The first kappa shape index (κ1) is 11.1. The molecular weight excluding hydrogens is 358 g/mol. The van der Waals surface area contributed by atoms with Crippen molar-refractivity contribution in [2.45, 2.75) is 11.0 Å². The van der Waals surface area contributed by atoms with Crippen molar-refractivity contribution in [3.8, 4) is 0 Å². The Morgan fingerprint density at radius 1 is 1.70 bits per heavy atom. The number of hydrogen-bond donors (Lipinski definition) is 2. The van der Waals surface area contributed by atoms with Gasteiger partial charge in [-0.1, -0.05) is 0 Å². The summed E-state index contributed by atoms with van der Waals surface area (Å²) in [6.07, 6.45) is 0. The summed E-state index contributed by atoms with van der Waals surface area (Å²) in [6.45, 7) is 1.55. The summed E-state index contributed by atoms with van der Waals surface area (Å²) < 4.78 is 2.88. The van der Waals surface area contributed by atoms with Crippen molar-refractivity contribution in [2.75, 3.05) is 9.86 Å². The van der Waals surface area contributed by atoms with Crippen molar-refractivity contribution < 1.29 is 23.5 Å². The molecule has 0 bridgehead atoms. The minimum atomic E-state index is -2.08. The summed E-state index contributed by atoms with van der Waals surface area (Å²) in [7, 11) is 0. The number of nitrogens with one attached hydrogen (secondary N) is 1. The van der Waals surface area contributed by atoms with Gasteiger partial charge in [-0.15, -0.1) is 0 Å². The molecule has 3 nitrogen and oxygen atoms in total. The molecule has 0 saturated heterocycles. The predicted octanol–water partition coefficient (Wildman–Crippen LogP) is -2.87. The molecule has 0 aliphatic rings. The average molecular weight is 371 g/mol. The number of alkyl halides is 3. The van der Waals surface area contributed by atoms with Crippen molar-refractivity contribution in [2.24, 2.45) is 5.73 Å². The molecule has 0 radical (unpaired) electrons. The van der Waals surface area contributed by atoms with Gasteiger partial charge in [0.15, 0.2) is 0 Å². The van der Waals surface area contributed by atoms with Gasteiger partial charge in [0.1, 0.15) is 0 Å². The molecule has 0 fully saturated rings. The minimum absolute atomic E-state index is 0.0885. The van der Waals surface area contributed by atoms with E-state index in [1.807, 2.05) is 0 Å². The van der Waals surface area contributed by atoms with Crippen molar-refractivity contribution in [3.05, 3.63) is 0 Å². The van der Waals surface area contributed by atoms with Crippen LogP contribution in [0.5, 0.6) is 0 Å². The fraction of sp³-hybridized carbons (Fsp3) is 0.800. The van der Waals surface area contributed by atoms with Gasteiger partial charge in [-0.2, -0.15) is 0 Å². The number of carbonyl (C=O) groups is 1. The van der Waals surface area contributed by atoms with Crippen LogP contribution in [0.4, 0.5) is 0 Å². The Morgan fingerprint density at radius 2 is 2.10 bits per heavy atom. The van der Waals surface area contributed by atoms with Crippen molar-refractivity contribution in [1.82, 2.24) is 1.74 Å². The zero-order valence-electron chi connectivity index (χ0n) is 6.32. The fourth-order valence-corrected chi connectivity index (χ4v) is 4.58. The summed E-state index contributed by atoms with van der Waals surface area (Å²) in [5.74, 6) is 0.0885. The van der Waals surface area contributed by atoms with Gasteiger partial charge < -0.3 is 0 Å². The summed E-state index contributed by atoms with van der Waals surface area (Å²) >= 11 is -0.00656. The normalized spacial score (nSPS) is 16.5. The topological polar surface area (TPSA) is 55.1 Å². The molecule has 3 N–H and O–H groups in total. The number of ketones is 1. The number of carbonyl (C=O) groups excluding carboxylic acids is 1. The van der Waals surface area contributed by atoms with Crippen LogP contribution in [0.3, 0.4) is 0 Å². The van der Waals surface area contributed by atoms with Crippen LogP contribution in [0.1, 0.15) is 6.92 Å². The maximum absolute atomic E-state index is 10.8. The van der Waals surface area contributed by atoms with Crippen LogP contribution >= 0.6 is 22.9 Å². The summed E-state index contributed by atoms with van der Waals surface area (Å²) in [4.78, 5) is 15.0. The van der Waals surface area contributed by atoms with Gasteiger partial charge in [0.05, 0.1) is 0 Å². The van der Waals surface area contributed by atoms with Crippen molar-refractivity contribution in [1.29, 1.82) is 0 Å². The van der Waals surface area contributed by atoms with E-state index < -0.39 is 18.7 Å². The van der Waals surface area contributed by atoms with E-state index in [-0.39, 0.29) is 9.83 Å². The van der Waals surface area contributed by atoms with Crippen LogP contribution in [0, 0.1) is 0 Å². The van der Waals surface area contributed by atoms with E-state index in [0.29, 0.717) is 0 Å². The number of nitrogens with two attached hydrogens (primary N) is 1. The first-order chi connectivity index (χ1) is 4.41. The molecule has 0 unspecified atom stereocenters. The third kappa shape index (κ3) is 2.97. The molecule has 0 aromatic heterocycles. The average Bonchev–Trinajstić information content (AvgIpc) is 1.86. The number of halogens is 2. The first-order valence-corrected chi connectivity index (χ1v) is 10.4. The van der Waals surface area contributed by atoms with Gasteiger partial charge in [-0.05, 0) is 0 Å². The van der Waals surface area contributed by atoms with Crippen LogP contribution in [-0.4, -0.2) is 19.7 Å². The molecule has 10 heavy (non-hydrogen) atoms. The van der Waals surface area contributed by atoms with Crippen LogP contribution in [-0.2, 0) is 4.79 Å². The molecule has 64 valence electrons. The molecule has 0 amide bonds. The van der Waals surface area contributed by atoms with E-state index in [1.165, 1.54) is 0 Å². The Labute approximate surface area is 79.9 Å². The van der Waals surface area contributed by atoms with Gasteiger partial charge in [0.2, 0.25) is 0 Å². The third-order valence-electron chi connectivity index (χ3n) is 1.16. The van der Waals surface area contributed by atoms with Crippen LogP contribution in [0.15, 0.2) is 0 Å². The second-order valence-corrected chi connectivity index (χ2v) is 14.3. The van der Waals surface area contributed by atoms with Gasteiger partial charge in [0, 0.05) is 0 Å². The van der Waals surface area contributed by atoms with Gasteiger partial charge in [-0.25, -0.2) is 0 Å². The maximum atomic E-state index is 10.8. The van der Waals surface area contributed by atoms with Crippen molar-refractivity contribution >= 4 is 28.6 Å². The Balaban J connectivity index is 4.17. The molecule has 0 saturated carbocycles. The predicted molar refractivity (Wildman–Crippen MR) is 47.7 cm³/mol. The molecular formula is C5H13I2N2O-. The Bertz CT molecular complexity index is 138. The van der Waals surface area contributed by atoms with Crippen LogP contribution in [0.2, 0.25) is 0 Å².